The molecular weight excluding hydrogens is 196 g/mol. The number of piperidine rings is 1. The first-order chi connectivity index (χ1) is 7.58. The molecule has 5 unspecified atom stereocenters. The fourth-order valence-corrected chi connectivity index (χ4v) is 3.67. The number of likely N-dealkylation sites (tertiary alicyclic amines) is 1. The normalized spacial score (nSPS) is 46.1. The summed E-state index contributed by atoms with van der Waals surface area (Å²) in [6.45, 7) is 9.73. The zero-order valence-electron chi connectivity index (χ0n) is 11.2. The Bertz CT molecular complexity index is 229. The highest BCUT2D eigenvalue weighted by atomic mass is 15.2. The van der Waals surface area contributed by atoms with Crippen molar-refractivity contribution in [1.29, 1.82) is 0 Å². The van der Waals surface area contributed by atoms with E-state index < -0.39 is 0 Å². The van der Waals surface area contributed by atoms with Crippen LogP contribution in [0, 0.1) is 17.8 Å². The van der Waals surface area contributed by atoms with Gasteiger partial charge in [0.15, 0.2) is 0 Å². The zero-order chi connectivity index (χ0) is 11.7. The van der Waals surface area contributed by atoms with Crippen LogP contribution in [0.5, 0.6) is 0 Å². The van der Waals surface area contributed by atoms with Gasteiger partial charge in [-0.25, -0.2) is 0 Å². The fourth-order valence-electron chi connectivity index (χ4n) is 3.67. The van der Waals surface area contributed by atoms with Crippen LogP contribution in [-0.4, -0.2) is 30.1 Å². The molecule has 0 spiro atoms. The molecule has 0 bridgehead atoms. The predicted octanol–water partition coefficient (Wildman–Crippen LogP) is 2.48. The third-order valence-electron chi connectivity index (χ3n) is 4.91. The van der Waals surface area contributed by atoms with Crippen LogP contribution in [0.1, 0.15) is 46.5 Å². The van der Waals surface area contributed by atoms with Gasteiger partial charge in [0.05, 0.1) is 0 Å². The van der Waals surface area contributed by atoms with E-state index in [0.29, 0.717) is 6.04 Å². The van der Waals surface area contributed by atoms with Gasteiger partial charge >= 0.3 is 0 Å². The molecule has 16 heavy (non-hydrogen) atoms. The van der Waals surface area contributed by atoms with Crippen molar-refractivity contribution in [3.63, 3.8) is 0 Å². The SMILES string of the molecule is CC1CC(C)C(C)N(CC2CCCC2N)C1. The fraction of sp³-hybridized carbons (Fsp3) is 1.00. The van der Waals surface area contributed by atoms with E-state index in [1.54, 1.807) is 0 Å². The highest BCUT2D eigenvalue weighted by molar-refractivity contribution is 4.88. The van der Waals surface area contributed by atoms with Gasteiger partial charge in [-0.05, 0) is 43.9 Å². The molecule has 2 rings (SSSR count). The summed E-state index contributed by atoms with van der Waals surface area (Å²) in [5.74, 6) is 2.48. The molecule has 2 heteroatoms. The van der Waals surface area contributed by atoms with E-state index in [4.69, 9.17) is 5.73 Å². The Labute approximate surface area is 101 Å². The summed E-state index contributed by atoms with van der Waals surface area (Å²) in [6, 6.07) is 1.23. The minimum Gasteiger partial charge on any atom is -0.327 e. The average molecular weight is 224 g/mol. The molecule has 2 aliphatic rings. The topological polar surface area (TPSA) is 29.3 Å². The molecule has 2 fully saturated rings. The van der Waals surface area contributed by atoms with E-state index in [-0.39, 0.29) is 0 Å². The first kappa shape index (κ1) is 12.4. The number of rotatable bonds is 2. The Morgan fingerprint density at radius 2 is 1.94 bits per heavy atom. The van der Waals surface area contributed by atoms with Gasteiger partial charge in [-0.15, -0.1) is 0 Å². The summed E-state index contributed by atoms with van der Waals surface area (Å²) in [5, 5.41) is 0. The second kappa shape index (κ2) is 5.05. The molecule has 2 N–H and O–H groups in total. The van der Waals surface area contributed by atoms with Crippen molar-refractivity contribution in [2.24, 2.45) is 23.5 Å². The summed E-state index contributed by atoms with van der Waals surface area (Å²) < 4.78 is 0. The van der Waals surface area contributed by atoms with Crippen molar-refractivity contribution >= 4 is 0 Å². The summed E-state index contributed by atoms with van der Waals surface area (Å²) in [4.78, 5) is 2.70. The van der Waals surface area contributed by atoms with Gasteiger partial charge in [0.25, 0.3) is 0 Å². The number of nitrogens with zero attached hydrogens (tertiary/aromatic N) is 1. The van der Waals surface area contributed by atoms with Crippen molar-refractivity contribution in [3.05, 3.63) is 0 Å². The molecule has 1 heterocycles. The van der Waals surface area contributed by atoms with Crippen molar-refractivity contribution in [1.82, 2.24) is 4.90 Å². The lowest BCUT2D eigenvalue weighted by atomic mass is 9.85. The molecule has 0 aromatic heterocycles. The smallest absolute Gasteiger partial charge is 0.00929 e. The molecule has 1 aliphatic heterocycles. The largest absolute Gasteiger partial charge is 0.327 e. The van der Waals surface area contributed by atoms with Gasteiger partial charge in [0, 0.05) is 25.2 Å². The van der Waals surface area contributed by atoms with Crippen molar-refractivity contribution < 1.29 is 0 Å². The van der Waals surface area contributed by atoms with Crippen LogP contribution >= 0.6 is 0 Å². The van der Waals surface area contributed by atoms with Crippen LogP contribution in [-0.2, 0) is 0 Å². The average Bonchev–Trinajstić information content (AvgIpc) is 2.60. The summed E-state index contributed by atoms with van der Waals surface area (Å²) in [7, 11) is 0. The van der Waals surface area contributed by atoms with Gasteiger partial charge < -0.3 is 5.73 Å². The first-order valence-electron chi connectivity index (χ1n) is 7.07. The van der Waals surface area contributed by atoms with Crippen molar-refractivity contribution in [2.75, 3.05) is 13.1 Å². The maximum atomic E-state index is 6.18. The second-order valence-corrected chi connectivity index (χ2v) is 6.37. The molecule has 1 saturated carbocycles. The van der Waals surface area contributed by atoms with Crippen molar-refractivity contribution in [3.8, 4) is 0 Å². The molecule has 1 saturated heterocycles. The maximum Gasteiger partial charge on any atom is 0.00929 e. The van der Waals surface area contributed by atoms with Gasteiger partial charge in [-0.2, -0.15) is 0 Å². The second-order valence-electron chi connectivity index (χ2n) is 6.37. The van der Waals surface area contributed by atoms with Gasteiger partial charge in [-0.3, -0.25) is 4.90 Å². The number of nitrogens with two attached hydrogens (primary N) is 1. The van der Waals surface area contributed by atoms with Crippen LogP contribution in [0.15, 0.2) is 0 Å². The molecule has 0 aromatic rings. The lowest BCUT2D eigenvalue weighted by Crippen LogP contribution is -2.49. The maximum absolute atomic E-state index is 6.18. The lowest BCUT2D eigenvalue weighted by Gasteiger charge is -2.42. The Hall–Kier alpha value is -0.0800. The quantitative estimate of drug-likeness (QED) is 0.781. The molecule has 94 valence electrons. The third-order valence-corrected chi connectivity index (χ3v) is 4.91. The number of hydrogen-bond donors (Lipinski definition) is 1. The van der Waals surface area contributed by atoms with E-state index in [1.165, 1.54) is 38.8 Å². The molecular formula is C14H28N2. The van der Waals surface area contributed by atoms with E-state index in [9.17, 15) is 0 Å². The highest BCUT2D eigenvalue weighted by Gasteiger charge is 2.32. The summed E-state index contributed by atoms with van der Waals surface area (Å²) in [6.07, 6.45) is 5.35. The standard InChI is InChI=1S/C14H28N2/c1-10-7-11(2)12(3)16(8-10)9-13-5-4-6-14(13)15/h10-14H,4-9,15H2,1-3H3. The van der Waals surface area contributed by atoms with E-state index in [2.05, 4.69) is 25.7 Å². The minimum atomic E-state index is 0.472. The molecule has 5 atom stereocenters. The molecule has 0 aromatic carbocycles. The molecule has 1 aliphatic carbocycles. The van der Waals surface area contributed by atoms with Gasteiger partial charge in [0.2, 0.25) is 0 Å². The summed E-state index contributed by atoms with van der Waals surface area (Å²) in [5.41, 5.74) is 6.18. The molecule has 0 amide bonds. The highest BCUT2D eigenvalue weighted by Crippen LogP contribution is 2.31. The predicted molar refractivity (Wildman–Crippen MR) is 69.3 cm³/mol. The molecule has 0 radical (unpaired) electrons. The summed E-state index contributed by atoms with van der Waals surface area (Å²) >= 11 is 0. The van der Waals surface area contributed by atoms with Crippen LogP contribution in [0.25, 0.3) is 0 Å². The Morgan fingerprint density at radius 1 is 1.19 bits per heavy atom. The van der Waals surface area contributed by atoms with E-state index in [1.807, 2.05) is 0 Å². The minimum absolute atomic E-state index is 0.472. The van der Waals surface area contributed by atoms with Crippen LogP contribution in [0.4, 0.5) is 0 Å². The lowest BCUT2D eigenvalue weighted by molar-refractivity contribution is 0.0633. The molecule has 2 nitrogen and oxygen atoms in total. The first-order valence-corrected chi connectivity index (χ1v) is 7.07. The zero-order valence-corrected chi connectivity index (χ0v) is 11.2. The van der Waals surface area contributed by atoms with Crippen LogP contribution < -0.4 is 5.73 Å². The van der Waals surface area contributed by atoms with Gasteiger partial charge in [0.1, 0.15) is 0 Å². The Morgan fingerprint density at radius 3 is 2.56 bits per heavy atom. The Kier molecular flexibility index (Phi) is 3.91. The van der Waals surface area contributed by atoms with Crippen LogP contribution in [0.3, 0.4) is 0 Å². The Balaban J connectivity index is 1.92. The van der Waals surface area contributed by atoms with Gasteiger partial charge in [-0.1, -0.05) is 20.3 Å². The van der Waals surface area contributed by atoms with Crippen LogP contribution in [0.2, 0.25) is 0 Å². The van der Waals surface area contributed by atoms with E-state index >= 15 is 0 Å². The third kappa shape index (κ3) is 2.60. The number of hydrogen-bond acceptors (Lipinski definition) is 2. The van der Waals surface area contributed by atoms with Crippen molar-refractivity contribution in [2.45, 2.75) is 58.5 Å². The van der Waals surface area contributed by atoms with E-state index in [0.717, 1.165) is 23.8 Å². The monoisotopic (exact) mass is 224 g/mol.